The summed E-state index contributed by atoms with van der Waals surface area (Å²) >= 11 is 0. The smallest absolute Gasteiger partial charge is 0.328 e. The van der Waals surface area contributed by atoms with E-state index in [9.17, 15) is 13.6 Å². The third-order valence-electron chi connectivity index (χ3n) is 2.41. The predicted octanol–water partition coefficient (Wildman–Crippen LogP) is 3.42. The molecule has 106 valence electrons. The zero-order valence-electron chi connectivity index (χ0n) is 11.8. The van der Waals surface area contributed by atoms with Gasteiger partial charge in [0.05, 0.1) is 0 Å². The van der Waals surface area contributed by atoms with Crippen LogP contribution in [0.15, 0.2) is 12.1 Å². The van der Waals surface area contributed by atoms with Crippen molar-refractivity contribution in [3.05, 3.63) is 29.3 Å². The van der Waals surface area contributed by atoms with E-state index < -0.39 is 29.2 Å². The molecular weight excluding hydrogens is 252 g/mol. The number of rotatable bonds is 3. The van der Waals surface area contributed by atoms with Gasteiger partial charge in [0.25, 0.3) is 0 Å². The van der Waals surface area contributed by atoms with Crippen LogP contribution in [-0.2, 0) is 9.53 Å². The van der Waals surface area contributed by atoms with Crippen molar-refractivity contribution in [1.29, 1.82) is 0 Å². The van der Waals surface area contributed by atoms with E-state index in [0.717, 1.165) is 6.07 Å². The summed E-state index contributed by atoms with van der Waals surface area (Å²) in [5, 5.41) is 2.52. The molecule has 0 saturated heterocycles. The van der Waals surface area contributed by atoms with Crippen molar-refractivity contribution in [2.24, 2.45) is 0 Å². The fourth-order valence-corrected chi connectivity index (χ4v) is 1.45. The van der Waals surface area contributed by atoms with Gasteiger partial charge in [-0.2, -0.15) is 0 Å². The van der Waals surface area contributed by atoms with Crippen molar-refractivity contribution < 1.29 is 18.3 Å². The molecular formula is C14H19F2NO2. The minimum absolute atomic E-state index is 0.306. The first-order valence-corrected chi connectivity index (χ1v) is 6.06. The number of carbonyl (C=O) groups excluding carboxylic acids is 1. The Morgan fingerprint density at radius 2 is 1.89 bits per heavy atom. The van der Waals surface area contributed by atoms with Crippen molar-refractivity contribution in [1.82, 2.24) is 0 Å². The Balaban J connectivity index is 2.86. The first kappa shape index (κ1) is 15.4. The summed E-state index contributed by atoms with van der Waals surface area (Å²) in [5.41, 5.74) is -0.643. The predicted molar refractivity (Wildman–Crippen MR) is 70.0 cm³/mol. The van der Waals surface area contributed by atoms with Crippen LogP contribution in [0.2, 0.25) is 0 Å². The zero-order valence-corrected chi connectivity index (χ0v) is 11.8. The molecule has 0 fully saturated rings. The Kier molecular flexibility index (Phi) is 4.50. The molecule has 1 unspecified atom stereocenters. The lowest BCUT2D eigenvalue weighted by Gasteiger charge is -2.23. The first-order valence-electron chi connectivity index (χ1n) is 6.06. The van der Waals surface area contributed by atoms with Crippen LogP contribution in [0.4, 0.5) is 14.5 Å². The number of hydrogen-bond acceptors (Lipinski definition) is 3. The van der Waals surface area contributed by atoms with Crippen LogP contribution >= 0.6 is 0 Å². The van der Waals surface area contributed by atoms with Crippen molar-refractivity contribution in [3.63, 3.8) is 0 Å². The first-order chi connectivity index (χ1) is 8.61. The molecule has 5 heteroatoms. The molecule has 1 atom stereocenters. The van der Waals surface area contributed by atoms with Crippen LogP contribution in [0, 0.1) is 18.6 Å². The molecule has 1 aromatic carbocycles. The van der Waals surface area contributed by atoms with Gasteiger partial charge in [0, 0.05) is 0 Å². The van der Waals surface area contributed by atoms with E-state index >= 15 is 0 Å². The molecule has 0 aliphatic carbocycles. The van der Waals surface area contributed by atoms with E-state index in [2.05, 4.69) is 5.32 Å². The fourth-order valence-electron chi connectivity index (χ4n) is 1.45. The average Bonchev–Trinajstić information content (AvgIpc) is 2.27. The average molecular weight is 271 g/mol. The number of anilines is 1. The molecule has 0 amide bonds. The molecule has 0 saturated carbocycles. The Labute approximate surface area is 112 Å². The Morgan fingerprint density at radius 3 is 2.42 bits per heavy atom. The number of aryl methyl sites for hydroxylation is 1. The highest BCUT2D eigenvalue weighted by atomic mass is 19.1. The van der Waals surface area contributed by atoms with E-state index in [1.165, 1.54) is 19.9 Å². The molecule has 0 radical (unpaired) electrons. The third-order valence-corrected chi connectivity index (χ3v) is 2.41. The van der Waals surface area contributed by atoms with E-state index in [0.29, 0.717) is 5.56 Å². The Bertz CT molecular complexity index is 481. The number of esters is 1. The Morgan fingerprint density at radius 1 is 1.32 bits per heavy atom. The summed E-state index contributed by atoms with van der Waals surface area (Å²) in [4.78, 5) is 11.7. The molecule has 1 rings (SSSR count). The van der Waals surface area contributed by atoms with Crippen LogP contribution in [0.25, 0.3) is 0 Å². The second kappa shape index (κ2) is 5.55. The number of benzene rings is 1. The number of nitrogens with one attached hydrogen (secondary N) is 1. The number of carbonyl (C=O) groups is 1. The van der Waals surface area contributed by atoms with E-state index in [1.807, 2.05) is 0 Å². The second-order valence-corrected chi connectivity index (χ2v) is 5.45. The lowest BCUT2D eigenvalue weighted by Crippen LogP contribution is -2.35. The molecule has 19 heavy (non-hydrogen) atoms. The number of ether oxygens (including phenoxy) is 1. The van der Waals surface area contributed by atoms with Gasteiger partial charge in [-0.15, -0.1) is 0 Å². The monoisotopic (exact) mass is 271 g/mol. The second-order valence-electron chi connectivity index (χ2n) is 5.45. The highest BCUT2D eigenvalue weighted by Crippen LogP contribution is 2.23. The molecule has 0 bridgehead atoms. The van der Waals surface area contributed by atoms with Crippen molar-refractivity contribution in [2.45, 2.75) is 46.3 Å². The quantitative estimate of drug-likeness (QED) is 0.856. The minimum Gasteiger partial charge on any atom is -0.458 e. The maximum Gasteiger partial charge on any atom is 0.328 e. The van der Waals surface area contributed by atoms with Crippen LogP contribution in [0.5, 0.6) is 0 Å². The highest BCUT2D eigenvalue weighted by Gasteiger charge is 2.23. The lowest BCUT2D eigenvalue weighted by molar-refractivity contribution is -0.155. The normalized spacial score (nSPS) is 13.0. The van der Waals surface area contributed by atoms with Gasteiger partial charge < -0.3 is 10.1 Å². The maximum absolute atomic E-state index is 13.8. The van der Waals surface area contributed by atoms with Crippen LogP contribution in [0.1, 0.15) is 33.3 Å². The maximum atomic E-state index is 13.8. The topological polar surface area (TPSA) is 38.3 Å². The van der Waals surface area contributed by atoms with Gasteiger partial charge in [-0.3, -0.25) is 0 Å². The third kappa shape index (κ3) is 4.19. The summed E-state index contributed by atoms with van der Waals surface area (Å²) in [6.07, 6.45) is 0. The zero-order chi connectivity index (χ0) is 14.8. The standard InChI is InChI=1S/C14H19F2NO2/c1-8-6-7-10(15)12(11(8)16)17-9(2)13(18)19-14(3,4)5/h6-7,9,17H,1-5H3. The van der Waals surface area contributed by atoms with Gasteiger partial charge in [-0.25, -0.2) is 13.6 Å². The van der Waals surface area contributed by atoms with Gasteiger partial charge in [0.15, 0.2) is 5.82 Å². The molecule has 1 aromatic rings. The van der Waals surface area contributed by atoms with E-state index in [1.54, 1.807) is 20.8 Å². The highest BCUT2D eigenvalue weighted by molar-refractivity contribution is 5.79. The SMILES string of the molecule is Cc1ccc(F)c(NC(C)C(=O)OC(C)(C)C)c1F. The molecule has 0 aliphatic rings. The van der Waals surface area contributed by atoms with Crippen LogP contribution in [-0.4, -0.2) is 17.6 Å². The molecule has 0 spiro atoms. The fraction of sp³-hybridized carbons (Fsp3) is 0.500. The van der Waals surface area contributed by atoms with Gasteiger partial charge in [0.1, 0.15) is 23.1 Å². The van der Waals surface area contributed by atoms with Crippen LogP contribution < -0.4 is 5.32 Å². The van der Waals surface area contributed by atoms with E-state index in [4.69, 9.17) is 4.74 Å². The van der Waals surface area contributed by atoms with E-state index in [-0.39, 0.29) is 5.69 Å². The summed E-state index contributed by atoms with van der Waals surface area (Å²) in [7, 11) is 0. The summed E-state index contributed by atoms with van der Waals surface area (Å²) in [5.74, 6) is -2.00. The summed E-state index contributed by atoms with van der Waals surface area (Å²) in [6.45, 7) is 8.20. The molecule has 0 heterocycles. The van der Waals surface area contributed by atoms with Crippen molar-refractivity contribution in [2.75, 3.05) is 5.32 Å². The molecule has 3 nitrogen and oxygen atoms in total. The van der Waals surface area contributed by atoms with Gasteiger partial charge in [-0.05, 0) is 46.2 Å². The van der Waals surface area contributed by atoms with Gasteiger partial charge in [0.2, 0.25) is 0 Å². The number of halogens is 2. The van der Waals surface area contributed by atoms with Crippen LogP contribution in [0.3, 0.4) is 0 Å². The largest absolute Gasteiger partial charge is 0.458 e. The summed E-state index contributed by atoms with van der Waals surface area (Å²) in [6, 6.07) is 1.65. The number of hydrogen-bond donors (Lipinski definition) is 1. The van der Waals surface area contributed by atoms with Gasteiger partial charge in [-0.1, -0.05) is 6.07 Å². The minimum atomic E-state index is -0.843. The summed E-state index contributed by atoms with van der Waals surface area (Å²) < 4.78 is 32.4. The van der Waals surface area contributed by atoms with Gasteiger partial charge >= 0.3 is 5.97 Å². The lowest BCUT2D eigenvalue weighted by atomic mass is 10.1. The molecule has 0 aromatic heterocycles. The molecule has 0 aliphatic heterocycles. The molecule has 1 N–H and O–H groups in total. The van der Waals surface area contributed by atoms with Crippen molar-refractivity contribution >= 4 is 11.7 Å². The Hall–Kier alpha value is -1.65. The van der Waals surface area contributed by atoms with Crippen molar-refractivity contribution in [3.8, 4) is 0 Å².